The van der Waals surface area contributed by atoms with Crippen molar-refractivity contribution in [2.24, 2.45) is 11.8 Å². The van der Waals surface area contributed by atoms with Gasteiger partial charge >= 0.3 is 11.9 Å². The largest absolute Gasteiger partial charge is 0.493 e. The Morgan fingerprint density at radius 2 is 1.70 bits per heavy atom. The number of carboxylic acids is 1. The summed E-state index contributed by atoms with van der Waals surface area (Å²) in [4.78, 5) is 29.7. The molecule has 264 valence electrons. The van der Waals surface area contributed by atoms with Gasteiger partial charge in [-0.1, -0.05) is 59.6 Å². The molecule has 2 bridgehead atoms. The van der Waals surface area contributed by atoms with Crippen LogP contribution in [0.1, 0.15) is 61.6 Å². The zero-order valence-electron chi connectivity index (χ0n) is 27.8. The molecule has 5 heterocycles. The number of benzene rings is 2. The predicted molar refractivity (Wildman–Crippen MR) is 190 cm³/mol. The molecule has 2 aromatic carbocycles. The highest BCUT2D eigenvalue weighted by Gasteiger charge is 2.35. The van der Waals surface area contributed by atoms with Crippen molar-refractivity contribution in [3.8, 4) is 11.5 Å². The Labute approximate surface area is 305 Å². The number of methoxy groups -OCH3 is 2. The fourth-order valence-corrected chi connectivity index (χ4v) is 8.74. The van der Waals surface area contributed by atoms with Crippen LogP contribution in [-0.4, -0.2) is 67.6 Å². The van der Waals surface area contributed by atoms with Crippen LogP contribution in [0.15, 0.2) is 67.0 Å². The number of thiophene rings is 1. The Kier molecular flexibility index (Phi) is 11.5. The first-order valence-corrected chi connectivity index (χ1v) is 18.1. The number of hydrogen-bond acceptors (Lipinski definition) is 9. The Morgan fingerprint density at radius 3 is 2.32 bits per heavy atom. The molecule has 7 rings (SSSR count). The van der Waals surface area contributed by atoms with Crippen LogP contribution in [0.4, 0.5) is 0 Å². The van der Waals surface area contributed by atoms with Gasteiger partial charge in [-0.05, 0) is 73.2 Å². The fourth-order valence-electron chi connectivity index (χ4n) is 7.12. The summed E-state index contributed by atoms with van der Waals surface area (Å²) in [6.07, 6.45) is 5.16. The van der Waals surface area contributed by atoms with E-state index in [1.165, 1.54) is 19.5 Å². The number of carbonyl (C=O) groups excluding carboxylic acids is 1. The van der Waals surface area contributed by atoms with Crippen molar-refractivity contribution < 1.29 is 38.8 Å². The van der Waals surface area contributed by atoms with Gasteiger partial charge in [0.1, 0.15) is 21.0 Å². The van der Waals surface area contributed by atoms with E-state index < -0.39 is 17.9 Å². The van der Waals surface area contributed by atoms with Gasteiger partial charge in [-0.3, -0.25) is 10.5 Å². The molecule has 3 aliphatic heterocycles. The monoisotopic (exact) mass is 740 g/mol. The molecule has 3 saturated heterocycles. The summed E-state index contributed by atoms with van der Waals surface area (Å²) in [5, 5.41) is 24.2. The molecule has 10 nitrogen and oxygen atoms in total. The molecular formula is C37H40Cl2N3O7S+. The standard InChI is InChI=1S/C37H39Cl2N3O7S/c1-47-32-9-8-24(14-33(32)48-2)27(16-29-30(38)19-42(46)20-31(29)39)28-15-26(50-35(28)36(43)44)17-40-34(23-6-4-3-5-7-23)37(45)49-21-25-18-41-12-10-22(25)11-13-41/h3-9,14-15,19-20,22,25,27,34,40H,10-13,16-18,21H2,1-2H3,(H-,43,44,46)/p+1/t25-,27-,34?/m0/s1. The summed E-state index contributed by atoms with van der Waals surface area (Å²) < 4.78 is 17.8. The number of rotatable bonds is 14. The maximum Gasteiger partial charge on any atom is 0.346 e. The van der Waals surface area contributed by atoms with Crippen LogP contribution < -0.4 is 19.5 Å². The lowest BCUT2D eigenvalue weighted by Crippen LogP contribution is -2.49. The van der Waals surface area contributed by atoms with E-state index in [2.05, 4.69) is 10.2 Å². The number of fused-ring (bicyclic) bond motifs is 3. The van der Waals surface area contributed by atoms with Crippen molar-refractivity contribution >= 4 is 46.5 Å². The lowest BCUT2D eigenvalue weighted by molar-refractivity contribution is -0.904. The number of hydrogen-bond donors (Lipinski definition) is 3. The summed E-state index contributed by atoms with van der Waals surface area (Å²) >= 11 is 14.2. The summed E-state index contributed by atoms with van der Waals surface area (Å²) in [6, 6.07) is 15.9. The number of aromatic carboxylic acids is 1. The lowest BCUT2D eigenvalue weighted by Gasteiger charge is -2.44. The first-order valence-electron chi connectivity index (χ1n) is 16.5. The maximum absolute atomic E-state index is 13.6. The normalized spacial score (nSPS) is 19.5. The second-order valence-electron chi connectivity index (χ2n) is 12.7. The van der Waals surface area contributed by atoms with Gasteiger partial charge in [0, 0.05) is 40.1 Å². The van der Waals surface area contributed by atoms with E-state index in [0.717, 1.165) is 59.7 Å². The minimum absolute atomic E-state index is 0.142. The smallest absolute Gasteiger partial charge is 0.346 e. The van der Waals surface area contributed by atoms with Crippen molar-refractivity contribution in [3.63, 3.8) is 0 Å². The van der Waals surface area contributed by atoms with Crippen LogP contribution in [0.25, 0.3) is 0 Å². The first-order chi connectivity index (χ1) is 24.1. The van der Waals surface area contributed by atoms with E-state index in [4.69, 9.17) is 37.4 Å². The Morgan fingerprint density at radius 1 is 1.00 bits per heavy atom. The number of pyridine rings is 1. The molecule has 0 saturated carbocycles. The molecule has 0 amide bonds. The van der Waals surface area contributed by atoms with Crippen molar-refractivity contribution in [2.45, 2.75) is 37.8 Å². The van der Waals surface area contributed by atoms with Crippen LogP contribution in [-0.2, 0) is 22.5 Å². The second-order valence-corrected chi connectivity index (χ2v) is 14.7. The molecule has 3 N–H and O–H groups in total. The fraction of sp³-hybridized carbons (Fsp3) is 0.378. The molecule has 0 spiro atoms. The highest BCUT2D eigenvalue weighted by molar-refractivity contribution is 7.14. The van der Waals surface area contributed by atoms with Crippen molar-refractivity contribution in [2.75, 3.05) is 40.5 Å². The number of piperidine rings is 3. The summed E-state index contributed by atoms with van der Waals surface area (Å²) in [5.41, 5.74) is 2.59. The van der Waals surface area contributed by atoms with Gasteiger partial charge in [0.2, 0.25) is 12.4 Å². The molecule has 50 heavy (non-hydrogen) atoms. The van der Waals surface area contributed by atoms with E-state index in [0.29, 0.717) is 45.9 Å². The highest BCUT2D eigenvalue weighted by Crippen LogP contribution is 2.41. The topological polar surface area (TPSA) is 121 Å². The van der Waals surface area contributed by atoms with Crippen LogP contribution in [0, 0.1) is 11.8 Å². The SMILES string of the molecule is COc1ccc([C@H](Cc2c(Cl)c[n+](O)cc2Cl)c2cc(CNC(C(=O)OC[C@@H]3CN4CCC3CC4)c3ccccc3)sc2C(=O)O)cc1OC. The van der Waals surface area contributed by atoms with E-state index in [-0.39, 0.29) is 33.9 Å². The van der Waals surface area contributed by atoms with E-state index in [1.807, 2.05) is 42.5 Å². The van der Waals surface area contributed by atoms with Gasteiger partial charge in [0.05, 0.1) is 20.8 Å². The maximum atomic E-state index is 13.6. The lowest BCUT2D eigenvalue weighted by atomic mass is 9.79. The number of aromatic nitrogens is 1. The molecule has 3 atom stereocenters. The van der Waals surface area contributed by atoms with Gasteiger partial charge in [0.25, 0.3) is 0 Å². The number of halogens is 2. The molecule has 3 aliphatic rings. The molecule has 3 fully saturated rings. The number of nitrogens with one attached hydrogen (secondary N) is 1. The highest BCUT2D eigenvalue weighted by atomic mass is 35.5. The Bertz CT molecular complexity index is 1810. The first kappa shape index (κ1) is 35.9. The molecule has 0 aliphatic carbocycles. The van der Waals surface area contributed by atoms with Gasteiger partial charge < -0.3 is 24.2 Å². The number of nitrogens with zero attached hydrogens (tertiary/aromatic N) is 2. The number of carbonyl (C=O) groups is 2. The molecule has 0 radical (unpaired) electrons. The number of ether oxygens (including phenoxy) is 3. The quantitative estimate of drug-likeness (QED) is 0.0768. The number of esters is 1. The minimum atomic E-state index is -1.09. The third-order valence-corrected chi connectivity index (χ3v) is 11.5. The molecule has 13 heteroatoms. The minimum Gasteiger partial charge on any atom is -0.493 e. The van der Waals surface area contributed by atoms with Crippen molar-refractivity contribution in [3.05, 3.63) is 109 Å². The molecule has 1 unspecified atom stereocenters. The van der Waals surface area contributed by atoms with Gasteiger partial charge in [0.15, 0.2) is 11.5 Å². The van der Waals surface area contributed by atoms with Crippen LogP contribution in [0.3, 0.4) is 0 Å². The third-order valence-electron chi connectivity index (χ3n) is 9.75. The van der Waals surface area contributed by atoms with Crippen LogP contribution >= 0.6 is 34.5 Å². The summed E-state index contributed by atoms with van der Waals surface area (Å²) in [7, 11) is 3.07. The van der Waals surface area contributed by atoms with Gasteiger partial charge in [-0.25, -0.2) is 9.59 Å². The second kappa shape index (κ2) is 16.0. The zero-order valence-corrected chi connectivity index (χ0v) is 30.1. The average Bonchev–Trinajstić information content (AvgIpc) is 3.55. The molecule has 2 aromatic heterocycles. The number of carboxylic acid groups (broad SMARTS) is 1. The summed E-state index contributed by atoms with van der Waals surface area (Å²) in [5.74, 6) is -0.0700. The van der Waals surface area contributed by atoms with Crippen molar-refractivity contribution in [1.82, 2.24) is 10.2 Å². The predicted octanol–water partition coefficient (Wildman–Crippen LogP) is 6.39. The Balaban J connectivity index is 1.29. The van der Waals surface area contributed by atoms with E-state index in [1.54, 1.807) is 19.2 Å². The Hall–Kier alpha value is -3.87. The zero-order chi connectivity index (χ0) is 35.4. The van der Waals surface area contributed by atoms with Crippen molar-refractivity contribution in [1.29, 1.82) is 0 Å². The third kappa shape index (κ3) is 8.03. The molecule has 4 aromatic rings. The van der Waals surface area contributed by atoms with E-state index in [9.17, 15) is 19.9 Å². The van der Waals surface area contributed by atoms with Gasteiger partial charge in [-0.15, -0.1) is 11.3 Å². The van der Waals surface area contributed by atoms with Crippen LogP contribution in [0.2, 0.25) is 10.0 Å². The average molecular weight is 742 g/mol. The van der Waals surface area contributed by atoms with E-state index >= 15 is 0 Å². The van der Waals surface area contributed by atoms with Crippen LogP contribution in [0.5, 0.6) is 11.5 Å². The van der Waals surface area contributed by atoms with Gasteiger partial charge in [-0.2, -0.15) is 0 Å². The molecular weight excluding hydrogens is 701 g/mol. The summed E-state index contributed by atoms with van der Waals surface area (Å²) in [6.45, 7) is 3.79.